The Balaban J connectivity index is 1.61. The number of hydrogen-bond acceptors (Lipinski definition) is 3. The Labute approximate surface area is 193 Å². The van der Waals surface area contributed by atoms with Gasteiger partial charge in [-0.3, -0.25) is 0 Å². The molecule has 0 saturated carbocycles. The minimum Gasteiger partial charge on any atom is -0.449 e. The van der Waals surface area contributed by atoms with Gasteiger partial charge in [-0.15, -0.1) is 0 Å². The van der Waals surface area contributed by atoms with Crippen molar-refractivity contribution in [2.24, 2.45) is 0 Å². The van der Waals surface area contributed by atoms with Gasteiger partial charge in [0, 0.05) is 17.0 Å². The van der Waals surface area contributed by atoms with Gasteiger partial charge in [0.25, 0.3) is 0 Å². The van der Waals surface area contributed by atoms with Crippen molar-refractivity contribution in [1.82, 2.24) is 0 Å². The van der Waals surface area contributed by atoms with Crippen LogP contribution in [0.5, 0.6) is 0 Å². The van der Waals surface area contributed by atoms with Gasteiger partial charge in [-0.1, -0.05) is 109 Å². The van der Waals surface area contributed by atoms with Crippen LogP contribution in [0, 0.1) is 0 Å². The lowest BCUT2D eigenvalue weighted by molar-refractivity contribution is -0.115. The summed E-state index contributed by atoms with van der Waals surface area (Å²) in [6, 6.07) is 36.3. The SMILES string of the molecule is OC1(c2ccccc2C2(c3ccccc3)OC=CO2)c2ccccc2CC1c1ccccc1. The van der Waals surface area contributed by atoms with Gasteiger partial charge in [0.15, 0.2) is 0 Å². The monoisotopic (exact) mass is 432 g/mol. The zero-order valence-electron chi connectivity index (χ0n) is 18.1. The Morgan fingerprint density at radius 2 is 1.15 bits per heavy atom. The summed E-state index contributed by atoms with van der Waals surface area (Å²) in [6.45, 7) is 0. The Morgan fingerprint density at radius 1 is 0.606 bits per heavy atom. The van der Waals surface area contributed by atoms with Crippen molar-refractivity contribution in [3.05, 3.63) is 155 Å². The highest BCUT2D eigenvalue weighted by Gasteiger charge is 2.52. The van der Waals surface area contributed by atoms with E-state index in [1.165, 1.54) is 0 Å². The second-order valence-electron chi connectivity index (χ2n) is 8.63. The quantitative estimate of drug-likeness (QED) is 0.431. The van der Waals surface area contributed by atoms with E-state index in [1.807, 2.05) is 91.0 Å². The highest BCUT2D eigenvalue weighted by molar-refractivity contribution is 5.55. The van der Waals surface area contributed by atoms with E-state index < -0.39 is 11.4 Å². The summed E-state index contributed by atoms with van der Waals surface area (Å²) in [5, 5.41) is 12.7. The first kappa shape index (κ1) is 19.8. The highest BCUT2D eigenvalue weighted by atomic mass is 16.7. The maximum Gasteiger partial charge on any atom is 0.304 e. The summed E-state index contributed by atoms with van der Waals surface area (Å²) in [5.41, 5.74) is 4.40. The van der Waals surface area contributed by atoms with Crippen LogP contribution in [-0.4, -0.2) is 5.11 Å². The number of fused-ring (bicyclic) bond motifs is 1. The molecule has 3 heteroatoms. The Bertz CT molecular complexity index is 1300. The zero-order chi connectivity index (χ0) is 22.3. The number of rotatable bonds is 4. The van der Waals surface area contributed by atoms with Crippen molar-refractivity contribution in [2.75, 3.05) is 0 Å². The number of ether oxygens (including phenoxy) is 2. The molecule has 1 heterocycles. The van der Waals surface area contributed by atoms with Crippen molar-refractivity contribution in [2.45, 2.75) is 23.7 Å². The molecule has 4 aromatic carbocycles. The first-order valence-electron chi connectivity index (χ1n) is 11.3. The van der Waals surface area contributed by atoms with E-state index in [-0.39, 0.29) is 5.92 Å². The fraction of sp³-hybridized carbons (Fsp3) is 0.133. The van der Waals surface area contributed by atoms with Gasteiger partial charge in [-0.2, -0.15) is 0 Å². The molecule has 6 rings (SSSR count). The van der Waals surface area contributed by atoms with Crippen LogP contribution in [-0.2, 0) is 27.3 Å². The number of hydrogen-bond donors (Lipinski definition) is 1. The van der Waals surface area contributed by atoms with Crippen molar-refractivity contribution < 1.29 is 14.6 Å². The lowest BCUT2D eigenvalue weighted by Gasteiger charge is -2.38. The Morgan fingerprint density at radius 3 is 1.85 bits per heavy atom. The summed E-state index contributed by atoms with van der Waals surface area (Å²) in [6.07, 6.45) is 3.90. The Hall–Kier alpha value is -3.82. The fourth-order valence-electron chi connectivity index (χ4n) is 5.46. The second kappa shape index (κ2) is 7.65. The van der Waals surface area contributed by atoms with Crippen LogP contribution >= 0.6 is 0 Å². The molecule has 0 saturated heterocycles. The van der Waals surface area contributed by atoms with Crippen LogP contribution in [0.4, 0.5) is 0 Å². The minimum atomic E-state index is -1.24. The van der Waals surface area contributed by atoms with E-state index in [2.05, 4.69) is 18.2 Å². The molecule has 0 amide bonds. The molecule has 1 N–H and O–H groups in total. The smallest absolute Gasteiger partial charge is 0.304 e. The molecular weight excluding hydrogens is 408 g/mol. The third-order valence-corrected chi connectivity index (χ3v) is 6.93. The first-order chi connectivity index (χ1) is 16.2. The lowest BCUT2D eigenvalue weighted by atomic mass is 9.74. The number of benzene rings is 4. The summed E-state index contributed by atoms with van der Waals surface area (Å²) < 4.78 is 12.3. The normalized spacial score (nSPS) is 22.4. The third-order valence-electron chi connectivity index (χ3n) is 6.93. The van der Waals surface area contributed by atoms with Crippen LogP contribution < -0.4 is 0 Å². The van der Waals surface area contributed by atoms with E-state index in [4.69, 9.17) is 9.47 Å². The van der Waals surface area contributed by atoms with Gasteiger partial charge < -0.3 is 14.6 Å². The topological polar surface area (TPSA) is 38.7 Å². The molecule has 1 aliphatic heterocycles. The summed E-state index contributed by atoms with van der Waals surface area (Å²) >= 11 is 0. The van der Waals surface area contributed by atoms with Crippen LogP contribution in [0.25, 0.3) is 0 Å². The van der Waals surface area contributed by atoms with Crippen molar-refractivity contribution >= 4 is 0 Å². The Kier molecular flexibility index (Phi) is 4.60. The van der Waals surface area contributed by atoms with Gasteiger partial charge in [-0.05, 0) is 28.7 Å². The summed E-state index contributed by atoms with van der Waals surface area (Å²) in [4.78, 5) is 0. The van der Waals surface area contributed by atoms with E-state index in [0.29, 0.717) is 0 Å². The number of aliphatic hydroxyl groups is 1. The molecule has 2 aliphatic rings. The van der Waals surface area contributed by atoms with Crippen LogP contribution in [0.3, 0.4) is 0 Å². The van der Waals surface area contributed by atoms with E-state index >= 15 is 0 Å². The summed E-state index contributed by atoms with van der Waals surface area (Å²) in [5.74, 6) is -1.30. The molecule has 2 atom stereocenters. The maximum absolute atomic E-state index is 12.7. The van der Waals surface area contributed by atoms with E-state index in [1.54, 1.807) is 12.5 Å². The minimum absolute atomic E-state index is 0.139. The lowest BCUT2D eigenvalue weighted by Crippen LogP contribution is -2.37. The average molecular weight is 433 g/mol. The van der Waals surface area contributed by atoms with Crippen molar-refractivity contribution in [3.63, 3.8) is 0 Å². The third kappa shape index (κ3) is 2.93. The van der Waals surface area contributed by atoms with Gasteiger partial charge in [0.1, 0.15) is 18.1 Å². The van der Waals surface area contributed by atoms with Gasteiger partial charge in [0.05, 0.1) is 0 Å². The summed E-state index contributed by atoms with van der Waals surface area (Å²) in [7, 11) is 0. The van der Waals surface area contributed by atoms with E-state index in [9.17, 15) is 5.11 Å². The van der Waals surface area contributed by atoms with Crippen molar-refractivity contribution in [3.8, 4) is 0 Å². The fourth-order valence-corrected chi connectivity index (χ4v) is 5.46. The molecular formula is C30H24O3. The van der Waals surface area contributed by atoms with Crippen LogP contribution in [0.15, 0.2) is 122 Å². The highest BCUT2D eigenvalue weighted by Crippen LogP contribution is 2.54. The molecule has 3 nitrogen and oxygen atoms in total. The molecule has 1 aliphatic carbocycles. The van der Waals surface area contributed by atoms with Crippen LogP contribution in [0.2, 0.25) is 0 Å². The molecule has 0 aromatic heterocycles. The molecule has 0 spiro atoms. The molecule has 2 unspecified atom stereocenters. The molecule has 0 fully saturated rings. The average Bonchev–Trinajstić information content (AvgIpc) is 3.50. The maximum atomic E-state index is 12.7. The first-order valence-corrected chi connectivity index (χ1v) is 11.3. The molecule has 33 heavy (non-hydrogen) atoms. The van der Waals surface area contributed by atoms with Gasteiger partial charge in [0.2, 0.25) is 0 Å². The van der Waals surface area contributed by atoms with E-state index in [0.717, 1.165) is 39.8 Å². The standard InChI is InChI=1S/C30H24O3/c31-29(25-16-8-7-13-23(25)21-28(29)22-11-3-1-4-12-22)26-17-9-10-18-27(26)30(32-19-20-33-30)24-14-5-2-6-15-24/h1-20,28,31H,21H2. The molecule has 0 bridgehead atoms. The molecule has 162 valence electrons. The zero-order valence-corrected chi connectivity index (χ0v) is 18.1. The molecule has 4 aromatic rings. The largest absolute Gasteiger partial charge is 0.449 e. The van der Waals surface area contributed by atoms with Gasteiger partial charge in [-0.25, -0.2) is 0 Å². The second-order valence-corrected chi connectivity index (χ2v) is 8.63. The molecule has 0 radical (unpaired) electrons. The predicted octanol–water partition coefficient (Wildman–Crippen LogP) is 5.98. The van der Waals surface area contributed by atoms with Gasteiger partial charge >= 0.3 is 5.79 Å². The van der Waals surface area contributed by atoms with Crippen molar-refractivity contribution in [1.29, 1.82) is 0 Å². The predicted molar refractivity (Wildman–Crippen MR) is 127 cm³/mol. The van der Waals surface area contributed by atoms with Crippen LogP contribution in [0.1, 0.15) is 39.3 Å².